The van der Waals surface area contributed by atoms with Gasteiger partial charge in [0, 0.05) is 11.8 Å². The quantitative estimate of drug-likeness (QED) is 0.410. The van der Waals surface area contributed by atoms with Gasteiger partial charge in [-0.2, -0.15) is 13.2 Å². The first kappa shape index (κ1) is 28.9. The molecule has 2 rings (SSSR count). The average molecular weight is 529 g/mol. The van der Waals surface area contributed by atoms with E-state index in [0.717, 1.165) is 24.3 Å². The number of rotatable bonds is 11. The molecule has 0 bridgehead atoms. The predicted octanol–water partition coefficient (Wildman–Crippen LogP) is 2.30. The van der Waals surface area contributed by atoms with Gasteiger partial charge >= 0.3 is 6.18 Å². The maximum absolute atomic E-state index is 12.8. The summed E-state index contributed by atoms with van der Waals surface area (Å²) in [6.45, 7) is 4.35. The number of sulfonamides is 1. The minimum absolute atomic E-state index is 0.0511. The molecule has 9 nitrogen and oxygen atoms in total. The van der Waals surface area contributed by atoms with Crippen molar-refractivity contribution in [1.82, 2.24) is 20.3 Å². The number of ketones is 1. The molecule has 1 aromatic heterocycles. The lowest BCUT2D eigenvalue weighted by Crippen LogP contribution is -2.52. The molecule has 13 heteroatoms. The molecule has 0 spiro atoms. The Balaban J connectivity index is 2.01. The van der Waals surface area contributed by atoms with E-state index in [1.54, 1.807) is 13.8 Å². The number of nitrogens with zero attached hydrogens (tertiary/aromatic N) is 1. The van der Waals surface area contributed by atoms with E-state index in [1.165, 1.54) is 31.3 Å². The van der Waals surface area contributed by atoms with Crippen LogP contribution in [0.4, 0.5) is 13.2 Å². The summed E-state index contributed by atoms with van der Waals surface area (Å²) >= 11 is 0. The summed E-state index contributed by atoms with van der Waals surface area (Å²) in [4.78, 5) is 41.5. The van der Waals surface area contributed by atoms with Crippen LogP contribution in [0, 0.1) is 5.92 Å². The highest BCUT2D eigenvalue weighted by Crippen LogP contribution is 2.29. The highest BCUT2D eigenvalue weighted by Gasteiger charge is 2.31. The summed E-state index contributed by atoms with van der Waals surface area (Å²) in [6.07, 6.45) is -3.08. The molecule has 0 aliphatic rings. The molecular weight excluding hydrogens is 501 g/mol. The maximum Gasteiger partial charge on any atom is 0.416 e. The SMILES string of the molecule is CC(C)C[C@H](NC(=O)c1ccc(C(F)(F)F)cc1)C(=O)N[C@@H](C)C(=O)CNS(=O)(=O)c1ccccn1. The van der Waals surface area contributed by atoms with Gasteiger partial charge < -0.3 is 10.6 Å². The predicted molar refractivity (Wildman–Crippen MR) is 124 cm³/mol. The van der Waals surface area contributed by atoms with Crippen molar-refractivity contribution in [1.29, 1.82) is 0 Å². The number of alkyl halides is 3. The van der Waals surface area contributed by atoms with Crippen molar-refractivity contribution >= 4 is 27.6 Å². The third kappa shape index (κ3) is 8.41. The zero-order valence-corrected chi connectivity index (χ0v) is 20.6. The van der Waals surface area contributed by atoms with E-state index >= 15 is 0 Å². The van der Waals surface area contributed by atoms with Crippen LogP contribution in [0.2, 0.25) is 0 Å². The van der Waals surface area contributed by atoms with Crippen molar-refractivity contribution in [3.8, 4) is 0 Å². The third-order valence-electron chi connectivity index (χ3n) is 4.99. The van der Waals surface area contributed by atoms with Crippen LogP contribution in [-0.4, -0.2) is 49.6 Å². The van der Waals surface area contributed by atoms with Gasteiger partial charge in [-0.15, -0.1) is 0 Å². The van der Waals surface area contributed by atoms with Crippen molar-refractivity contribution in [2.24, 2.45) is 5.92 Å². The van der Waals surface area contributed by atoms with Crippen LogP contribution in [0.15, 0.2) is 53.7 Å². The largest absolute Gasteiger partial charge is 0.416 e. The fourth-order valence-electron chi connectivity index (χ4n) is 3.05. The van der Waals surface area contributed by atoms with Crippen LogP contribution >= 0.6 is 0 Å². The number of pyridine rings is 1. The number of hydrogen-bond acceptors (Lipinski definition) is 6. The standard InChI is InChI=1S/C23H27F3N4O5S/c1-14(2)12-18(30-21(32)16-7-9-17(10-8-16)23(24,25)26)22(33)29-15(3)19(31)13-28-36(34,35)20-6-4-5-11-27-20/h4-11,14-15,18,28H,12-13H2,1-3H3,(H,29,33)(H,30,32)/t15-,18-/m0/s1. The summed E-state index contributed by atoms with van der Waals surface area (Å²) in [5.41, 5.74) is -0.987. The van der Waals surface area contributed by atoms with Crippen LogP contribution in [0.3, 0.4) is 0 Å². The Labute approximate surface area is 206 Å². The molecule has 2 atom stereocenters. The van der Waals surface area contributed by atoms with E-state index in [-0.39, 0.29) is 22.9 Å². The smallest absolute Gasteiger partial charge is 0.345 e. The number of amides is 2. The van der Waals surface area contributed by atoms with Crippen LogP contribution in [0.1, 0.15) is 43.1 Å². The molecule has 2 aromatic rings. The van der Waals surface area contributed by atoms with Gasteiger partial charge in [-0.1, -0.05) is 19.9 Å². The van der Waals surface area contributed by atoms with Gasteiger partial charge in [0.25, 0.3) is 15.9 Å². The Morgan fingerprint density at radius 2 is 1.61 bits per heavy atom. The number of hydrogen-bond donors (Lipinski definition) is 3. The van der Waals surface area contributed by atoms with Crippen molar-refractivity contribution in [3.05, 3.63) is 59.8 Å². The van der Waals surface area contributed by atoms with E-state index in [2.05, 4.69) is 20.3 Å². The fourth-order valence-corrected chi connectivity index (χ4v) is 3.99. The van der Waals surface area contributed by atoms with Gasteiger partial charge in [-0.3, -0.25) is 14.4 Å². The molecule has 36 heavy (non-hydrogen) atoms. The molecule has 0 radical (unpaired) electrons. The number of Topliss-reactive ketones (excluding diaryl/α,β-unsaturated/α-hetero) is 1. The number of halogens is 3. The summed E-state index contributed by atoms with van der Waals surface area (Å²) in [5, 5.41) is 4.66. The lowest BCUT2D eigenvalue weighted by molar-refractivity contribution is -0.137. The first-order valence-corrected chi connectivity index (χ1v) is 12.4. The Kier molecular flexibility index (Phi) is 9.70. The van der Waals surface area contributed by atoms with Gasteiger partial charge in [0.05, 0.1) is 18.2 Å². The molecule has 0 unspecified atom stereocenters. The van der Waals surface area contributed by atoms with Crippen molar-refractivity contribution in [3.63, 3.8) is 0 Å². The second-order valence-electron chi connectivity index (χ2n) is 8.42. The number of aromatic nitrogens is 1. The van der Waals surface area contributed by atoms with Crippen LogP contribution < -0.4 is 15.4 Å². The second kappa shape index (κ2) is 12.1. The first-order chi connectivity index (χ1) is 16.7. The molecule has 0 fully saturated rings. The highest BCUT2D eigenvalue weighted by molar-refractivity contribution is 7.89. The fraction of sp³-hybridized carbons (Fsp3) is 0.391. The van der Waals surface area contributed by atoms with Crippen molar-refractivity contribution in [2.45, 2.75) is 50.5 Å². The van der Waals surface area contributed by atoms with E-state index in [4.69, 9.17) is 0 Å². The van der Waals surface area contributed by atoms with Gasteiger partial charge in [-0.25, -0.2) is 18.1 Å². The zero-order chi connectivity index (χ0) is 27.1. The molecule has 3 N–H and O–H groups in total. The zero-order valence-electron chi connectivity index (χ0n) is 19.8. The maximum atomic E-state index is 12.8. The molecule has 0 aliphatic heterocycles. The third-order valence-corrected chi connectivity index (χ3v) is 6.31. The van der Waals surface area contributed by atoms with Crippen LogP contribution in [0.25, 0.3) is 0 Å². The van der Waals surface area contributed by atoms with E-state index < -0.39 is 58.0 Å². The summed E-state index contributed by atoms with van der Waals surface area (Å²) in [6, 6.07) is 5.62. The van der Waals surface area contributed by atoms with Gasteiger partial charge in [0.1, 0.15) is 6.04 Å². The number of benzene rings is 1. The Morgan fingerprint density at radius 3 is 2.14 bits per heavy atom. The monoisotopic (exact) mass is 528 g/mol. The minimum Gasteiger partial charge on any atom is -0.345 e. The lowest BCUT2D eigenvalue weighted by atomic mass is 10.0. The number of nitrogens with one attached hydrogen (secondary N) is 3. The van der Waals surface area contributed by atoms with E-state index in [1.807, 2.05) is 0 Å². The topological polar surface area (TPSA) is 134 Å². The molecular formula is C23H27F3N4O5S. The molecule has 1 aromatic carbocycles. The molecule has 0 saturated carbocycles. The Morgan fingerprint density at radius 1 is 0.972 bits per heavy atom. The average Bonchev–Trinajstić information content (AvgIpc) is 2.81. The molecule has 2 amide bonds. The highest BCUT2D eigenvalue weighted by atomic mass is 32.2. The van der Waals surface area contributed by atoms with E-state index in [9.17, 15) is 36.0 Å². The van der Waals surface area contributed by atoms with E-state index in [0.29, 0.717) is 0 Å². The number of carbonyl (C=O) groups excluding carboxylic acids is 3. The van der Waals surface area contributed by atoms with Gasteiger partial charge in [0.2, 0.25) is 5.91 Å². The molecule has 196 valence electrons. The summed E-state index contributed by atoms with van der Waals surface area (Å²) in [5.74, 6) is -2.14. The normalized spacial score (nSPS) is 13.6. The second-order valence-corrected chi connectivity index (χ2v) is 10.1. The van der Waals surface area contributed by atoms with Gasteiger partial charge in [0.15, 0.2) is 10.8 Å². The Bertz CT molecular complexity index is 1170. The molecule has 0 saturated heterocycles. The van der Waals surface area contributed by atoms with Gasteiger partial charge in [-0.05, 0) is 55.7 Å². The first-order valence-electron chi connectivity index (χ1n) is 10.9. The Hall–Kier alpha value is -3.32. The van der Waals surface area contributed by atoms with Crippen LogP contribution in [-0.2, 0) is 25.8 Å². The van der Waals surface area contributed by atoms with Crippen molar-refractivity contribution in [2.75, 3.05) is 6.54 Å². The lowest BCUT2D eigenvalue weighted by Gasteiger charge is -2.22. The summed E-state index contributed by atoms with van der Waals surface area (Å²) in [7, 11) is -4.03. The van der Waals surface area contributed by atoms with Crippen molar-refractivity contribution < 1.29 is 36.0 Å². The van der Waals surface area contributed by atoms with Crippen LogP contribution in [0.5, 0.6) is 0 Å². The summed E-state index contributed by atoms with van der Waals surface area (Å²) < 4.78 is 64.8. The molecule has 1 heterocycles. The molecule has 0 aliphatic carbocycles. The minimum atomic E-state index is -4.55. The number of carbonyl (C=O) groups is 3.